The SMILES string of the molecule is CCN(CC)C(=O)CN(C)C(=O)COC(=O)c1nn(-c2ccccc2)nc1C. The molecule has 0 aliphatic heterocycles. The number of carbonyl (C=O) groups is 3. The average molecular weight is 387 g/mol. The predicted octanol–water partition coefficient (Wildman–Crippen LogP) is 1.06. The van der Waals surface area contributed by atoms with Gasteiger partial charge in [-0.3, -0.25) is 9.59 Å². The van der Waals surface area contributed by atoms with E-state index < -0.39 is 18.5 Å². The number of likely N-dealkylation sites (N-methyl/N-ethyl adjacent to an activating group) is 2. The summed E-state index contributed by atoms with van der Waals surface area (Å²) in [6.45, 7) is 5.98. The summed E-state index contributed by atoms with van der Waals surface area (Å²) < 4.78 is 5.06. The minimum Gasteiger partial charge on any atom is -0.451 e. The van der Waals surface area contributed by atoms with Gasteiger partial charge in [-0.1, -0.05) is 18.2 Å². The molecule has 9 nitrogen and oxygen atoms in total. The van der Waals surface area contributed by atoms with Gasteiger partial charge in [-0.05, 0) is 32.9 Å². The lowest BCUT2D eigenvalue weighted by Gasteiger charge is -2.23. The van der Waals surface area contributed by atoms with Crippen molar-refractivity contribution >= 4 is 17.8 Å². The third-order valence-corrected chi connectivity index (χ3v) is 4.20. The van der Waals surface area contributed by atoms with E-state index in [4.69, 9.17) is 4.74 Å². The maximum Gasteiger partial charge on any atom is 0.361 e. The number of benzene rings is 1. The van der Waals surface area contributed by atoms with Crippen molar-refractivity contribution in [3.63, 3.8) is 0 Å². The van der Waals surface area contributed by atoms with Crippen molar-refractivity contribution in [3.8, 4) is 5.69 Å². The first-order valence-corrected chi connectivity index (χ1v) is 9.05. The Bertz CT molecular complexity index is 830. The van der Waals surface area contributed by atoms with Gasteiger partial charge in [0.15, 0.2) is 12.3 Å². The summed E-state index contributed by atoms with van der Waals surface area (Å²) in [6.07, 6.45) is 0. The van der Waals surface area contributed by atoms with Crippen LogP contribution in [-0.4, -0.2) is 75.9 Å². The zero-order chi connectivity index (χ0) is 20.7. The van der Waals surface area contributed by atoms with E-state index in [1.807, 2.05) is 32.0 Å². The van der Waals surface area contributed by atoms with Crippen molar-refractivity contribution in [2.24, 2.45) is 0 Å². The fourth-order valence-corrected chi connectivity index (χ4v) is 2.52. The molecule has 0 N–H and O–H groups in total. The Morgan fingerprint density at radius 3 is 2.29 bits per heavy atom. The Morgan fingerprint density at radius 1 is 1.04 bits per heavy atom. The van der Waals surface area contributed by atoms with E-state index in [9.17, 15) is 14.4 Å². The van der Waals surface area contributed by atoms with Crippen LogP contribution in [0, 0.1) is 6.92 Å². The Hall–Kier alpha value is -3.23. The lowest BCUT2D eigenvalue weighted by molar-refractivity contribution is -0.140. The second kappa shape index (κ2) is 9.63. The zero-order valence-electron chi connectivity index (χ0n) is 16.6. The van der Waals surface area contributed by atoms with E-state index in [0.29, 0.717) is 24.5 Å². The predicted molar refractivity (Wildman–Crippen MR) is 102 cm³/mol. The highest BCUT2D eigenvalue weighted by Crippen LogP contribution is 2.09. The molecule has 9 heteroatoms. The number of amides is 2. The number of hydrogen-bond acceptors (Lipinski definition) is 6. The van der Waals surface area contributed by atoms with Crippen LogP contribution in [0.15, 0.2) is 30.3 Å². The fourth-order valence-electron chi connectivity index (χ4n) is 2.52. The number of hydrogen-bond donors (Lipinski definition) is 0. The molecule has 0 unspecified atom stereocenters. The van der Waals surface area contributed by atoms with Crippen LogP contribution in [-0.2, 0) is 14.3 Å². The summed E-state index contributed by atoms with van der Waals surface area (Å²) in [5.41, 5.74) is 1.14. The third kappa shape index (κ3) is 5.15. The van der Waals surface area contributed by atoms with Crippen LogP contribution in [0.25, 0.3) is 5.69 Å². The van der Waals surface area contributed by atoms with Gasteiger partial charge in [0.25, 0.3) is 5.91 Å². The van der Waals surface area contributed by atoms with E-state index in [0.717, 1.165) is 0 Å². The highest BCUT2D eigenvalue weighted by molar-refractivity contribution is 5.91. The Labute approximate surface area is 163 Å². The summed E-state index contributed by atoms with van der Waals surface area (Å²) >= 11 is 0. The minimum atomic E-state index is -0.739. The van der Waals surface area contributed by atoms with E-state index in [-0.39, 0.29) is 18.1 Å². The third-order valence-electron chi connectivity index (χ3n) is 4.20. The molecule has 28 heavy (non-hydrogen) atoms. The molecule has 1 aromatic carbocycles. The number of esters is 1. The minimum absolute atomic E-state index is 0.0403. The van der Waals surface area contributed by atoms with Crippen LogP contribution in [0.5, 0.6) is 0 Å². The van der Waals surface area contributed by atoms with E-state index in [2.05, 4.69) is 10.2 Å². The monoisotopic (exact) mass is 387 g/mol. The smallest absolute Gasteiger partial charge is 0.361 e. The lowest BCUT2D eigenvalue weighted by atomic mass is 10.3. The summed E-state index contributed by atoms with van der Waals surface area (Å²) in [5.74, 6) is -1.37. The van der Waals surface area contributed by atoms with Gasteiger partial charge in [-0.2, -0.15) is 9.90 Å². The number of rotatable bonds is 8. The lowest BCUT2D eigenvalue weighted by Crippen LogP contribution is -2.42. The highest BCUT2D eigenvalue weighted by atomic mass is 16.5. The van der Waals surface area contributed by atoms with Gasteiger partial charge in [0, 0.05) is 20.1 Å². The molecule has 2 rings (SSSR count). The van der Waals surface area contributed by atoms with Gasteiger partial charge in [0.2, 0.25) is 5.91 Å². The molecule has 0 radical (unpaired) electrons. The van der Waals surface area contributed by atoms with Crippen LogP contribution < -0.4 is 0 Å². The average Bonchev–Trinajstić information content (AvgIpc) is 3.09. The van der Waals surface area contributed by atoms with Crippen LogP contribution >= 0.6 is 0 Å². The number of para-hydroxylation sites is 1. The molecule has 150 valence electrons. The molecule has 0 atom stereocenters. The quantitative estimate of drug-likeness (QED) is 0.628. The summed E-state index contributed by atoms with van der Waals surface area (Å²) in [6, 6.07) is 9.14. The van der Waals surface area contributed by atoms with Gasteiger partial charge in [0.05, 0.1) is 17.9 Å². The van der Waals surface area contributed by atoms with Gasteiger partial charge in [-0.15, -0.1) is 5.10 Å². The second-order valence-corrected chi connectivity index (χ2v) is 6.15. The van der Waals surface area contributed by atoms with Gasteiger partial charge < -0.3 is 14.5 Å². The molecule has 0 aliphatic rings. The first-order chi connectivity index (χ1) is 13.4. The Kier molecular flexibility index (Phi) is 7.25. The van der Waals surface area contributed by atoms with Crippen LogP contribution in [0.4, 0.5) is 0 Å². The number of aryl methyl sites for hydroxylation is 1. The molecule has 2 amide bonds. The Balaban J connectivity index is 1.94. The van der Waals surface area contributed by atoms with Gasteiger partial charge in [0.1, 0.15) is 0 Å². The maximum absolute atomic E-state index is 12.3. The summed E-state index contributed by atoms with van der Waals surface area (Å²) in [7, 11) is 1.49. The molecule has 0 aliphatic carbocycles. The van der Waals surface area contributed by atoms with Crippen molar-refractivity contribution in [1.29, 1.82) is 0 Å². The topological polar surface area (TPSA) is 97.6 Å². The van der Waals surface area contributed by atoms with Crippen LogP contribution in [0.2, 0.25) is 0 Å². The van der Waals surface area contributed by atoms with Crippen molar-refractivity contribution in [3.05, 3.63) is 41.7 Å². The van der Waals surface area contributed by atoms with Crippen molar-refractivity contribution < 1.29 is 19.1 Å². The summed E-state index contributed by atoms with van der Waals surface area (Å²) in [5, 5.41) is 8.34. The molecule has 0 spiro atoms. The van der Waals surface area contributed by atoms with E-state index in [1.165, 1.54) is 16.7 Å². The molecule has 2 aromatic rings. The van der Waals surface area contributed by atoms with Gasteiger partial charge >= 0.3 is 5.97 Å². The van der Waals surface area contributed by atoms with Gasteiger partial charge in [-0.25, -0.2) is 4.79 Å². The maximum atomic E-state index is 12.3. The number of nitrogens with zero attached hydrogens (tertiary/aromatic N) is 5. The van der Waals surface area contributed by atoms with Crippen molar-refractivity contribution in [1.82, 2.24) is 24.8 Å². The molecule has 1 heterocycles. The second-order valence-electron chi connectivity index (χ2n) is 6.15. The van der Waals surface area contributed by atoms with E-state index in [1.54, 1.807) is 24.0 Å². The number of carbonyl (C=O) groups excluding carboxylic acids is 3. The number of ether oxygens (including phenoxy) is 1. The number of aromatic nitrogens is 3. The molecular formula is C19H25N5O4. The van der Waals surface area contributed by atoms with Crippen LogP contribution in [0.1, 0.15) is 30.0 Å². The molecule has 0 saturated heterocycles. The fraction of sp³-hybridized carbons (Fsp3) is 0.421. The molecule has 0 fully saturated rings. The molecular weight excluding hydrogens is 362 g/mol. The summed E-state index contributed by atoms with van der Waals surface area (Å²) in [4.78, 5) is 40.7. The standard InChI is InChI=1S/C19H25N5O4/c1-5-23(6-2)16(25)12-22(4)17(26)13-28-19(27)18-14(3)20-24(21-18)15-10-8-7-9-11-15/h7-11H,5-6,12-13H2,1-4H3. The molecule has 0 bridgehead atoms. The van der Waals surface area contributed by atoms with Crippen molar-refractivity contribution in [2.75, 3.05) is 33.3 Å². The van der Waals surface area contributed by atoms with E-state index >= 15 is 0 Å². The normalized spacial score (nSPS) is 10.4. The zero-order valence-corrected chi connectivity index (χ0v) is 16.6. The first-order valence-electron chi connectivity index (χ1n) is 9.05. The first kappa shape index (κ1) is 21.1. The largest absolute Gasteiger partial charge is 0.451 e. The van der Waals surface area contributed by atoms with Crippen LogP contribution in [0.3, 0.4) is 0 Å². The highest BCUT2D eigenvalue weighted by Gasteiger charge is 2.21. The molecule has 1 aromatic heterocycles. The van der Waals surface area contributed by atoms with Crippen molar-refractivity contribution in [2.45, 2.75) is 20.8 Å². The molecule has 0 saturated carbocycles. The Morgan fingerprint density at radius 2 is 1.68 bits per heavy atom.